The van der Waals surface area contributed by atoms with E-state index in [2.05, 4.69) is 11.3 Å². The van der Waals surface area contributed by atoms with Gasteiger partial charge >= 0.3 is 17.9 Å². The van der Waals surface area contributed by atoms with Gasteiger partial charge in [0.25, 0.3) is 0 Å². The maximum atomic E-state index is 11.0. The molecule has 0 aliphatic carbocycles. The summed E-state index contributed by atoms with van der Waals surface area (Å²) in [5.41, 5.74) is -2.73. The SMILES string of the molecule is C=C(Cl)OC(=O)CC(O)(CC(=O)O)C(=O)O. The van der Waals surface area contributed by atoms with Gasteiger partial charge in [0.2, 0.25) is 0 Å². The number of aliphatic carboxylic acids is 2. The standard InChI is InChI=1S/C8H9ClO7/c1-4(9)16-6(12)3-8(15,7(13)14)2-5(10)11/h15H,1-3H2,(H,10,11)(H,13,14). The number of halogens is 1. The molecule has 0 aromatic carbocycles. The lowest BCUT2D eigenvalue weighted by Crippen LogP contribution is -2.43. The van der Waals surface area contributed by atoms with Crippen molar-refractivity contribution in [2.45, 2.75) is 18.4 Å². The van der Waals surface area contributed by atoms with Crippen molar-refractivity contribution in [2.24, 2.45) is 0 Å². The molecule has 0 bridgehead atoms. The molecule has 8 heteroatoms. The van der Waals surface area contributed by atoms with Gasteiger partial charge < -0.3 is 20.1 Å². The van der Waals surface area contributed by atoms with Crippen LogP contribution in [-0.4, -0.2) is 38.8 Å². The third-order valence-corrected chi connectivity index (χ3v) is 1.58. The Labute approximate surface area is 94.9 Å². The Kier molecular flexibility index (Phi) is 4.93. The smallest absolute Gasteiger partial charge is 0.336 e. The van der Waals surface area contributed by atoms with Crippen LogP contribution in [0.15, 0.2) is 11.8 Å². The molecule has 7 nitrogen and oxygen atoms in total. The molecule has 1 atom stereocenters. The minimum Gasteiger partial charge on any atom is -0.481 e. The van der Waals surface area contributed by atoms with Crippen LogP contribution in [0.4, 0.5) is 0 Å². The molecule has 3 N–H and O–H groups in total. The maximum Gasteiger partial charge on any atom is 0.336 e. The fourth-order valence-corrected chi connectivity index (χ4v) is 0.948. The summed E-state index contributed by atoms with van der Waals surface area (Å²) in [4.78, 5) is 31.9. The largest absolute Gasteiger partial charge is 0.481 e. The number of carboxylic acid groups (broad SMARTS) is 2. The van der Waals surface area contributed by atoms with E-state index in [1.807, 2.05) is 0 Å². The van der Waals surface area contributed by atoms with Gasteiger partial charge in [0.05, 0.1) is 12.8 Å². The lowest BCUT2D eigenvalue weighted by atomic mass is 9.96. The molecule has 0 saturated heterocycles. The fraction of sp³-hybridized carbons (Fsp3) is 0.375. The molecule has 0 saturated carbocycles. The van der Waals surface area contributed by atoms with Gasteiger partial charge in [0, 0.05) is 0 Å². The van der Waals surface area contributed by atoms with E-state index in [4.69, 9.17) is 21.8 Å². The number of esters is 1. The van der Waals surface area contributed by atoms with Crippen molar-refractivity contribution in [2.75, 3.05) is 0 Å². The molecular weight excluding hydrogens is 244 g/mol. The zero-order valence-electron chi connectivity index (χ0n) is 7.97. The molecule has 90 valence electrons. The van der Waals surface area contributed by atoms with E-state index >= 15 is 0 Å². The van der Waals surface area contributed by atoms with Crippen LogP contribution in [0, 0.1) is 0 Å². The summed E-state index contributed by atoms with van der Waals surface area (Å²) in [6, 6.07) is 0. The maximum absolute atomic E-state index is 11.0. The number of rotatable bonds is 6. The van der Waals surface area contributed by atoms with Crippen LogP contribution < -0.4 is 0 Å². The second kappa shape index (κ2) is 5.47. The number of carbonyl (C=O) groups excluding carboxylic acids is 1. The van der Waals surface area contributed by atoms with Gasteiger partial charge in [-0.25, -0.2) is 4.79 Å². The number of carbonyl (C=O) groups is 3. The van der Waals surface area contributed by atoms with Crippen molar-refractivity contribution in [1.82, 2.24) is 0 Å². The fourth-order valence-electron chi connectivity index (χ4n) is 0.862. The molecule has 0 radical (unpaired) electrons. The minimum atomic E-state index is -2.73. The highest BCUT2D eigenvalue weighted by atomic mass is 35.5. The highest BCUT2D eigenvalue weighted by molar-refractivity contribution is 6.28. The Hall–Kier alpha value is -1.60. The van der Waals surface area contributed by atoms with E-state index in [0.717, 1.165) is 0 Å². The molecule has 0 aliphatic heterocycles. The summed E-state index contributed by atoms with van der Waals surface area (Å²) in [6.07, 6.45) is -2.17. The topological polar surface area (TPSA) is 121 Å². The van der Waals surface area contributed by atoms with Gasteiger partial charge in [-0.2, -0.15) is 0 Å². The lowest BCUT2D eigenvalue weighted by molar-refractivity contribution is -0.170. The Morgan fingerprint density at radius 2 is 1.75 bits per heavy atom. The first-order valence-electron chi connectivity index (χ1n) is 3.90. The van der Waals surface area contributed by atoms with Crippen molar-refractivity contribution < 1.29 is 34.4 Å². The highest BCUT2D eigenvalue weighted by Gasteiger charge is 2.41. The second-order valence-electron chi connectivity index (χ2n) is 2.91. The Morgan fingerprint density at radius 1 is 1.25 bits per heavy atom. The zero-order chi connectivity index (χ0) is 12.9. The molecule has 0 aromatic rings. The summed E-state index contributed by atoms with van der Waals surface area (Å²) in [6.45, 7) is 3.01. The van der Waals surface area contributed by atoms with Crippen LogP contribution in [0.25, 0.3) is 0 Å². The van der Waals surface area contributed by atoms with Crippen molar-refractivity contribution in [3.05, 3.63) is 11.8 Å². The first-order chi connectivity index (χ1) is 7.17. The lowest BCUT2D eigenvalue weighted by Gasteiger charge is -2.19. The van der Waals surface area contributed by atoms with Gasteiger partial charge in [0.1, 0.15) is 0 Å². The van der Waals surface area contributed by atoms with Crippen LogP contribution in [0.2, 0.25) is 0 Å². The third-order valence-electron chi connectivity index (χ3n) is 1.50. The van der Waals surface area contributed by atoms with Crippen molar-refractivity contribution in [3.8, 4) is 0 Å². The first kappa shape index (κ1) is 14.4. The van der Waals surface area contributed by atoms with Crippen LogP contribution in [-0.2, 0) is 19.1 Å². The average Bonchev–Trinajstić information content (AvgIpc) is 1.98. The zero-order valence-corrected chi connectivity index (χ0v) is 8.73. The molecule has 0 amide bonds. The average molecular weight is 253 g/mol. The van der Waals surface area contributed by atoms with Gasteiger partial charge in [0.15, 0.2) is 10.8 Å². The molecule has 16 heavy (non-hydrogen) atoms. The molecule has 0 aliphatic rings. The second-order valence-corrected chi connectivity index (χ2v) is 3.33. The summed E-state index contributed by atoms with van der Waals surface area (Å²) in [5, 5.41) is 25.8. The predicted octanol–water partition coefficient (Wildman–Crippen LogP) is -0.0799. The molecule has 0 fully saturated rings. The molecule has 0 aromatic heterocycles. The number of ether oxygens (including phenoxy) is 1. The molecule has 1 unspecified atom stereocenters. The van der Waals surface area contributed by atoms with E-state index in [1.165, 1.54) is 0 Å². The first-order valence-corrected chi connectivity index (χ1v) is 4.28. The van der Waals surface area contributed by atoms with E-state index in [9.17, 15) is 19.5 Å². The third kappa shape index (κ3) is 4.76. The normalized spacial score (nSPS) is 13.6. The molecular formula is C8H9ClO7. The van der Waals surface area contributed by atoms with E-state index in [1.54, 1.807) is 0 Å². The minimum absolute atomic E-state index is 0.506. The molecule has 0 heterocycles. The van der Waals surface area contributed by atoms with E-state index < -0.39 is 41.6 Å². The Balaban J connectivity index is 4.68. The summed E-state index contributed by atoms with van der Waals surface area (Å²) in [7, 11) is 0. The Morgan fingerprint density at radius 3 is 2.06 bits per heavy atom. The monoisotopic (exact) mass is 252 g/mol. The molecule has 0 spiro atoms. The highest BCUT2D eigenvalue weighted by Crippen LogP contribution is 2.18. The van der Waals surface area contributed by atoms with Crippen molar-refractivity contribution in [1.29, 1.82) is 0 Å². The van der Waals surface area contributed by atoms with Crippen LogP contribution >= 0.6 is 11.6 Å². The predicted molar refractivity (Wildman–Crippen MR) is 50.5 cm³/mol. The number of hydrogen-bond donors (Lipinski definition) is 3. The number of hydrogen-bond acceptors (Lipinski definition) is 5. The van der Waals surface area contributed by atoms with Crippen LogP contribution in [0.5, 0.6) is 0 Å². The quantitative estimate of drug-likeness (QED) is 0.446. The van der Waals surface area contributed by atoms with E-state index in [0.29, 0.717) is 0 Å². The van der Waals surface area contributed by atoms with Gasteiger partial charge in [-0.05, 0) is 18.2 Å². The number of carboxylic acids is 2. The summed E-state index contributed by atoms with van der Waals surface area (Å²) < 4.78 is 4.19. The van der Waals surface area contributed by atoms with Crippen LogP contribution in [0.1, 0.15) is 12.8 Å². The molecule has 0 rings (SSSR count). The van der Waals surface area contributed by atoms with E-state index in [-0.39, 0.29) is 0 Å². The van der Waals surface area contributed by atoms with Gasteiger partial charge in [-0.1, -0.05) is 0 Å². The van der Waals surface area contributed by atoms with Crippen molar-refractivity contribution >= 4 is 29.5 Å². The van der Waals surface area contributed by atoms with Crippen LogP contribution in [0.3, 0.4) is 0 Å². The van der Waals surface area contributed by atoms with Crippen molar-refractivity contribution in [3.63, 3.8) is 0 Å². The summed E-state index contributed by atoms with van der Waals surface area (Å²) in [5.74, 6) is -4.60. The van der Waals surface area contributed by atoms with Gasteiger partial charge in [-0.15, -0.1) is 0 Å². The Bertz CT molecular complexity index is 337. The number of aliphatic hydroxyl groups is 1. The van der Waals surface area contributed by atoms with Gasteiger partial charge in [-0.3, -0.25) is 9.59 Å². The summed E-state index contributed by atoms with van der Waals surface area (Å²) >= 11 is 5.10.